The van der Waals surface area contributed by atoms with E-state index in [4.69, 9.17) is 0 Å². The lowest BCUT2D eigenvalue weighted by Crippen LogP contribution is -2.35. The van der Waals surface area contributed by atoms with Gasteiger partial charge in [0.15, 0.2) is 0 Å². The van der Waals surface area contributed by atoms with Crippen molar-refractivity contribution in [1.29, 1.82) is 0 Å². The Morgan fingerprint density at radius 2 is 2.21 bits per heavy atom. The molecule has 78 valence electrons. The Morgan fingerprint density at radius 3 is 2.86 bits per heavy atom. The van der Waals surface area contributed by atoms with E-state index in [0.717, 1.165) is 4.83 Å². The maximum absolute atomic E-state index is 3.68. The summed E-state index contributed by atoms with van der Waals surface area (Å²) in [6, 6.07) is 4.38. The van der Waals surface area contributed by atoms with Crippen molar-refractivity contribution in [2.75, 3.05) is 19.6 Å². The van der Waals surface area contributed by atoms with Crippen LogP contribution >= 0.6 is 27.3 Å². The molecule has 1 aliphatic heterocycles. The highest BCUT2D eigenvalue weighted by Gasteiger charge is 2.16. The van der Waals surface area contributed by atoms with Crippen LogP contribution in [0.4, 0.5) is 0 Å². The molecule has 0 bridgehead atoms. The highest BCUT2D eigenvalue weighted by molar-refractivity contribution is 9.09. The van der Waals surface area contributed by atoms with Crippen LogP contribution in [0.5, 0.6) is 0 Å². The van der Waals surface area contributed by atoms with Crippen molar-refractivity contribution in [2.24, 2.45) is 0 Å². The molecule has 0 aliphatic carbocycles. The second-order valence-corrected chi connectivity index (χ2v) is 6.17. The first kappa shape index (κ1) is 10.7. The molecule has 1 nitrogen and oxygen atoms in total. The van der Waals surface area contributed by atoms with Crippen molar-refractivity contribution in [3.05, 3.63) is 22.4 Å². The molecular formula is C11H16BrNS. The van der Waals surface area contributed by atoms with Crippen LogP contribution in [-0.2, 0) is 6.42 Å². The van der Waals surface area contributed by atoms with E-state index in [1.54, 1.807) is 0 Å². The summed E-state index contributed by atoms with van der Waals surface area (Å²) >= 11 is 5.56. The van der Waals surface area contributed by atoms with Gasteiger partial charge in [0.25, 0.3) is 0 Å². The van der Waals surface area contributed by atoms with Crippen molar-refractivity contribution in [2.45, 2.75) is 24.1 Å². The average Bonchev–Trinajstić information content (AvgIpc) is 2.70. The number of alkyl halides is 1. The molecule has 1 aliphatic rings. The minimum Gasteiger partial charge on any atom is -0.303 e. The summed E-state index contributed by atoms with van der Waals surface area (Å²) in [5.74, 6) is 0. The fourth-order valence-corrected chi connectivity index (χ4v) is 2.96. The molecule has 1 aromatic rings. The molecule has 3 heteroatoms. The van der Waals surface area contributed by atoms with Gasteiger partial charge in [0, 0.05) is 16.2 Å². The second-order valence-electron chi connectivity index (χ2n) is 3.85. The van der Waals surface area contributed by atoms with E-state index in [9.17, 15) is 0 Å². The first-order valence-corrected chi connectivity index (χ1v) is 7.03. The molecule has 0 N–H and O–H groups in total. The van der Waals surface area contributed by atoms with Gasteiger partial charge in [-0.3, -0.25) is 0 Å². The van der Waals surface area contributed by atoms with Crippen LogP contribution in [-0.4, -0.2) is 29.4 Å². The number of thiophene rings is 1. The lowest BCUT2D eigenvalue weighted by Gasteiger charge is -2.29. The topological polar surface area (TPSA) is 3.24 Å². The van der Waals surface area contributed by atoms with Gasteiger partial charge in [-0.1, -0.05) is 22.0 Å². The number of hydrogen-bond donors (Lipinski definition) is 0. The summed E-state index contributed by atoms with van der Waals surface area (Å²) in [7, 11) is 0. The molecule has 1 saturated heterocycles. The van der Waals surface area contributed by atoms with Crippen LogP contribution in [0.15, 0.2) is 17.5 Å². The third-order valence-corrected chi connectivity index (χ3v) is 4.62. The molecule has 14 heavy (non-hydrogen) atoms. The zero-order chi connectivity index (χ0) is 9.80. The van der Waals surface area contributed by atoms with Gasteiger partial charge < -0.3 is 4.90 Å². The Bertz CT molecular complexity index is 252. The molecule has 2 heterocycles. The zero-order valence-corrected chi connectivity index (χ0v) is 10.7. The van der Waals surface area contributed by atoms with E-state index in [2.05, 4.69) is 38.3 Å². The van der Waals surface area contributed by atoms with Gasteiger partial charge in [0.05, 0.1) is 0 Å². The fraction of sp³-hybridized carbons (Fsp3) is 0.636. The zero-order valence-electron chi connectivity index (χ0n) is 8.29. The molecule has 0 radical (unpaired) electrons. The quantitative estimate of drug-likeness (QED) is 0.765. The molecule has 2 rings (SSSR count). The minimum atomic E-state index is 0.764. The summed E-state index contributed by atoms with van der Waals surface area (Å²) in [4.78, 5) is 4.86. The highest BCUT2D eigenvalue weighted by atomic mass is 79.9. The molecule has 1 aromatic heterocycles. The van der Waals surface area contributed by atoms with Crippen LogP contribution in [0.2, 0.25) is 0 Å². The smallest absolute Gasteiger partial charge is 0.0170 e. The predicted molar refractivity (Wildman–Crippen MR) is 66.4 cm³/mol. The number of nitrogens with zero attached hydrogens (tertiary/aromatic N) is 1. The standard InChI is InChI=1S/C11H16BrNS/c12-10-3-6-13(7-4-10)8-5-11-2-1-9-14-11/h1-2,9-10H,3-8H2. The summed E-state index contributed by atoms with van der Waals surface area (Å²) in [5.41, 5.74) is 0. The number of piperidine rings is 1. The average molecular weight is 274 g/mol. The molecule has 0 spiro atoms. The SMILES string of the molecule is BrC1CCN(CCc2cccs2)CC1. The fourth-order valence-electron chi connectivity index (χ4n) is 1.85. The Balaban J connectivity index is 1.71. The van der Waals surface area contributed by atoms with Crippen LogP contribution in [0.25, 0.3) is 0 Å². The lowest BCUT2D eigenvalue weighted by atomic mass is 10.1. The van der Waals surface area contributed by atoms with Gasteiger partial charge in [-0.15, -0.1) is 11.3 Å². The third-order valence-electron chi connectivity index (χ3n) is 2.77. The van der Waals surface area contributed by atoms with E-state index < -0.39 is 0 Å². The van der Waals surface area contributed by atoms with Crippen molar-refractivity contribution >= 4 is 27.3 Å². The highest BCUT2D eigenvalue weighted by Crippen LogP contribution is 2.18. The van der Waals surface area contributed by atoms with Gasteiger partial charge in [0.1, 0.15) is 0 Å². The Morgan fingerprint density at radius 1 is 1.43 bits per heavy atom. The first-order valence-electron chi connectivity index (χ1n) is 5.23. The lowest BCUT2D eigenvalue weighted by molar-refractivity contribution is 0.237. The largest absolute Gasteiger partial charge is 0.303 e. The van der Waals surface area contributed by atoms with Gasteiger partial charge in [-0.05, 0) is 43.8 Å². The second kappa shape index (κ2) is 5.29. The predicted octanol–water partition coefficient (Wildman–Crippen LogP) is 3.15. The van der Waals surface area contributed by atoms with E-state index in [1.165, 1.54) is 43.8 Å². The number of likely N-dealkylation sites (tertiary alicyclic amines) is 1. The summed E-state index contributed by atoms with van der Waals surface area (Å²) in [5, 5.41) is 2.17. The molecule has 0 atom stereocenters. The van der Waals surface area contributed by atoms with E-state index >= 15 is 0 Å². The van der Waals surface area contributed by atoms with Gasteiger partial charge in [-0.2, -0.15) is 0 Å². The molecular weight excluding hydrogens is 258 g/mol. The van der Waals surface area contributed by atoms with Gasteiger partial charge >= 0.3 is 0 Å². The van der Waals surface area contributed by atoms with Crippen molar-refractivity contribution in [3.8, 4) is 0 Å². The number of rotatable bonds is 3. The summed E-state index contributed by atoms with van der Waals surface area (Å²) in [6.45, 7) is 3.77. The van der Waals surface area contributed by atoms with Gasteiger partial charge in [-0.25, -0.2) is 0 Å². The minimum absolute atomic E-state index is 0.764. The summed E-state index contributed by atoms with van der Waals surface area (Å²) in [6.07, 6.45) is 3.85. The normalized spacial score (nSPS) is 20.1. The molecule has 0 aromatic carbocycles. The monoisotopic (exact) mass is 273 g/mol. The van der Waals surface area contributed by atoms with Crippen LogP contribution < -0.4 is 0 Å². The van der Waals surface area contributed by atoms with Gasteiger partial charge in [0.2, 0.25) is 0 Å². The van der Waals surface area contributed by atoms with Crippen molar-refractivity contribution in [1.82, 2.24) is 4.90 Å². The van der Waals surface area contributed by atoms with Crippen LogP contribution in [0.3, 0.4) is 0 Å². The third kappa shape index (κ3) is 3.07. The number of hydrogen-bond acceptors (Lipinski definition) is 2. The summed E-state index contributed by atoms with van der Waals surface area (Å²) < 4.78 is 0. The van der Waals surface area contributed by atoms with Crippen LogP contribution in [0.1, 0.15) is 17.7 Å². The Labute approximate surface area is 98.2 Å². The molecule has 0 amide bonds. The maximum Gasteiger partial charge on any atom is 0.0170 e. The Hall–Kier alpha value is 0.140. The Kier molecular flexibility index (Phi) is 4.02. The van der Waals surface area contributed by atoms with Crippen molar-refractivity contribution in [3.63, 3.8) is 0 Å². The van der Waals surface area contributed by atoms with E-state index in [0.29, 0.717) is 0 Å². The van der Waals surface area contributed by atoms with Crippen LogP contribution in [0, 0.1) is 0 Å². The first-order chi connectivity index (χ1) is 6.84. The number of halogens is 1. The molecule has 0 saturated carbocycles. The van der Waals surface area contributed by atoms with Crippen molar-refractivity contribution < 1.29 is 0 Å². The molecule has 1 fully saturated rings. The van der Waals surface area contributed by atoms with E-state index in [1.807, 2.05) is 11.3 Å². The van der Waals surface area contributed by atoms with E-state index in [-0.39, 0.29) is 0 Å². The maximum atomic E-state index is 3.68. The molecule has 0 unspecified atom stereocenters.